The monoisotopic (exact) mass is 291 g/mol. The first-order chi connectivity index (χ1) is 10.7. The van der Waals surface area contributed by atoms with Gasteiger partial charge in [0.15, 0.2) is 0 Å². The van der Waals surface area contributed by atoms with Crippen molar-refractivity contribution in [1.29, 1.82) is 0 Å². The maximum atomic E-state index is 13.5. The summed E-state index contributed by atoms with van der Waals surface area (Å²) in [4.78, 5) is 4.52. The Morgan fingerprint density at radius 1 is 0.955 bits per heavy atom. The van der Waals surface area contributed by atoms with E-state index in [9.17, 15) is 4.39 Å². The third kappa shape index (κ3) is 2.77. The van der Waals surface area contributed by atoms with Gasteiger partial charge < -0.3 is 0 Å². The van der Waals surface area contributed by atoms with Crippen LogP contribution in [0.2, 0.25) is 0 Å². The van der Waals surface area contributed by atoms with Crippen molar-refractivity contribution < 1.29 is 4.39 Å². The first-order valence-electron chi connectivity index (χ1n) is 7.50. The van der Waals surface area contributed by atoms with Gasteiger partial charge in [0.25, 0.3) is 0 Å². The Morgan fingerprint density at radius 2 is 1.68 bits per heavy atom. The van der Waals surface area contributed by atoms with Crippen molar-refractivity contribution in [1.82, 2.24) is 4.98 Å². The molecule has 0 atom stereocenters. The van der Waals surface area contributed by atoms with Crippen LogP contribution in [-0.4, -0.2) is 4.98 Å². The standard InChI is InChI=1S/C20H18FN/c1-3-15-6-8-16(9-7-15)18-5-4-12-22-20(18)17-10-11-19(21)14(2)13-17/h4-13H,3H2,1-2H3. The van der Waals surface area contributed by atoms with Gasteiger partial charge in [0, 0.05) is 17.3 Å². The lowest BCUT2D eigenvalue weighted by Gasteiger charge is -2.10. The molecule has 1 nitrogen and oxygen atoms in total. The van der Waals surface area contributed by atoms with Gasteiger partial charge in [-0.05, 0) is 54.3 Å². The highest BCUT2D eigenvalue weighted by molar-refractivity contribution is 5.80. The van der Waals surface area contributed by atoms with Gasteiger partial charge in [0.2, 0.25) is 0 Å². The molecule has 0 saturated carbocycles. The molecule has 0 radical (unpaired) electrons. The Balaban J connectivity index is 2.11. The highest BCUT2D eigenvalue weighted by Crippen LogP contribution is 2.31. The van der Waals surface area contributed by atoms with Crippen molar-refractivity contribution in [2.75, 3.05) is 0 Å². The second-order valence-corrected chi connectivity index (χ2v) is 5.41. The maximum absolute atomic E-state index is 13.5. The number of rotatable bonds is 3. The fourth-order valence-electron chi connectivity index (χ4n) is 2.58. The fourth-order valence-corrected chi connectivity index (χ4v) is 2.58. The van der Waals surface area contributed by atoms with E-state index >= 15 is 0 Å². The van der Waals surface area contributed by atoms with E-state index in [4.69, 9.17) is 0 Å². The molecule has 0 aliphatic carbocycles. The van der Waals surface area contributed by atoms with Gasteiger partial charge in [0.05, 0.1) is 5.69 Å². The second kappa shape index (κ2) is 6.10. The zero-order valence-electron chi connectivity index (χ0n) is 12.8. The normalized spacial score (nSPS) is 10.7. The molecule has 0 saturated heterocycles. The van der Waals surface area contributed by atoms with Gasteiger partial charge in [0.1, 0.15) is 5.82 Å². The molecular formula is C20H18FN. The topological polar surface area (TPSA) is 12.9 Å². The summed E-state index contributed by atoms with van der Waals surface area (Å²) in [5.41, 5.74) is 5.96. The molecular weight excluding hydrogens is 273 g/mol. The Labute approximate surface area is 130 Å². The summed E-state index contributed by atoms with van der Waals surface area (Å²) in [6.45, 7) is 3.92. The smallest absolute Gasteiger partial charge is 0.126 e. The number of hydrogen-bond acceptors (Lipinski definition) is 1. The van der Waals surface area contributed by atoms with Crippen LogP contribution < -0.4 is 0 Å². The number of hydrogen-bond donors (Lipinski definition) is 0. The molecule has 0 aliphatic rings. The molecule has 0 N–H and O–H groups in total. The van der Waals surface area contributed by atoms with E-state index < -0.39 is 0 Å². The highest BCUT2D eigenvalue weighted by Gasteiger charge is 2.10. The van der Waals surface area contributed by atoms with Crippen LogP contribution in [0, 0.1) is 12.7 Å². The van der Waals surface area contributed by atoms with E-state index in [2.05, 4.69) is 42.2 Å². The van der Waals surface area contributed by atoms with E-state index in [-0.39, 0.29) is 5.82 Å². The molecule has 3 aromatic rings. The van der Waals surface area contributed by atoms with Gasteiger partial charge in [-0.25, -0.2) is 4.39 Å². The molecule has 0 amide bonds. The van der Waals surface area contributed by atoms with Crippen LogP contribution in [0.4, 0.5) is 4.39 Å². The molecule has 0 unspecified atom stereocenters. The van der Waals surface area contributed by atoms with Crippen molar-refractivity contribution in [3.8, 4) is 22.4 Å². The van der Waals surface area contributed by atoms with E-state index in [1.807, 2.05) is 12.1 Å². The van der Waals surface area contributed by atoms with E-state index in [1.165, 1.54) is 11.6 Å². The lowest BCUT2D eigenvalue weighted by atomic mass is 9.97. The molecule has 1 aromatic heterocycles. The van der Waals surface area contributed by atoms with Gasteiger partial charge in [-0.3, -0.25) is 4.98 Å². The summed E-state index contributed by atoms with van der Waals surface area (Å²) in [5, 5.41) is 0. The summed E-state index contributed by atoms with van der Waals surface area (Å²) in [6, 6.07) is 17.7. The van der Waals surface area contributed by atoms with Crippen LogP contribution in [-0.2, 0) is 6.42 Å². The predicted molar refractivity (Wildman–Crippen MR) is 89.2 cm³/mol. The molecule has 1 heterocycles. The third-order valence-corrected chi connectivity index (χ3v) is 3.91. The lowest BCUT2D eigenvalue weighted by Crippen LogP contribution is -1.91. The molecule has 22 heavy (non-hydrogen) atoms. The first-order valence-corrected chi connectivity index (χ1v) is 7.50. The minimum atomic E-state index is -0.187. The molecule has 0 spiro atoms. The Morgan fingerprint density at radius 3 is 2.36 bits per heavy atom. The van der Waals surface area contributed by atoms with Crippen LogP contribution in [0.15, 0.2) is 60.8 Å². The minimum absolute atomic E-state index is 0.187. The summed E-state index contributed by atoms with van der Waals surface area (Å²) in [7, 11) is 0. The number of benzene rings is 2. The van der Waals surface area contributed by atoms with Crippen molar-refractivity contribution in [3.63, 3.8) is 0 Å². The van der Waals surface area contributed by atoms with Crippen LogP contribution in [0.5, 0.6) is 0 Å². The minimum Gasteiger partial charge on any atom is -0.256 e. The lowest BCUT2D eigenvalue weighted by molar-refractivity contribution is 0.619. The van der Waals surface area contributed by atoms with Crippen LogP contribution in [0.1, 0.15) is 18.1 Å². The highest BCUT2D eigenvalue weighted by atomic mass is 19.1. The van der Waals surface area contributed by atoms with Crippen LogP contribution >= 0.6 is 0 Å². The quantitative estimate of drug-likeness (QED) is 0.627. The Bertz CT molecular complexity index is 791. The zero-order valence-corrected chi connectivity index (χ0v) is 12.8. The van der Waals surface area contributed by atoms with Crippen molar-refractivity contribution in [2.45, 2.75) is 20.3 Å². The van der Waals surface area contributed by atoms with Crippen LogP contribution in [0.25, 0.3) is 22.4 Å². The largest absolute Gasteiger partial charge is 0.256 e. The summed E-state index contributed by atoms with van der Waals surface area (Å²) in [6.07, 6.45) is 2.80. The van der Waals surface area contributed by atoms with Crippen molar-refractivity contribution in [2.24, 2.45) is 0 Å². The average molecular weight is 291 g/mol. The van der Waals surface area contributed by atoms with E-state index in [1.54, 1.807) is 19.2 Å². The van der Waals surface area contributed by atoms with Crippen molar-refractivity contribution in [3.05, 3.63) is 77.7 Å². The number of aromatic nitrogens is 1. The third-order valence-electron chi connectivity index (χ3n) is 3.91. The first kappa shape index (κ1) is 14.5. The van der Waals surface area contributed by atoms with Crippen LogP contribution in [0.3, 0.4) is 0 Å². The zero-order chi connectivity index (χ0) is 15.5. The molecule has 0 aliphatic heterocycles. The molecule has 110 valence electrons. The summed E-state index contributed by atoms with van der Waals surface area (Å²) in [5.74, 6) is -0.187. The number of nitrogens with zero attached hydrogens (tertiary/aromatic N) is 1. The average Bonchev–Trinajstić information content (AvgIpc) is 2.57. The van der Waals surface area contributed by atoms with Gasteiger partial charge >= 0.3 is 0 Å². The Hall–Kier alpha value is -2.48. The Kier molecular flexibility index (Phi) is 4.01. The number of pyridine rings is 1. The summed E-state index contributed by atoms with van der Waals surface area (Å²) >= 11 is 0. The molecule has 0 fully saturated rings. The molecule has 2 aromatic carbocycles. The molecule has 3 rings (SSSR count). The SMILES string of the molecule is CCc1ccc(-c2cccnc2-c2ccc(F)c(C)c2)cc1. The number of halogens is 1. The maximum Gasteiger partial charge on any atom is 0.126 e. The number of aryl methyl sites for hydroxylation is 2. The van der Waals surface area contributed by atoms with Gasteiger partial charge in [-0.1, -0.05) is 37.3 Å². The van der Waals surface area contributed by atoms with Gasteiger partial charge in [-0.2, -0.15) is 0 Å². The fraction of sp³-hybridized carbons (Fsp3) is 0.150. The van der Waals surface area contributed by atoms with Gasteiger partial charge in [-0.15, -0.1) is 0 Å². The molecule has 0 bridgehead atoms. The van der Waals surface area contributed by atoms with E-state index in [0.717, 1.165) is 28.8 Å². The summed E-state index contributed by atoms with van der Waals surface area (Å²) < 4.78 is 13.5. The van der Waals surface area contributed by atoms with E-state index in [0.29, 0.717) is 5.56 Å². The second-order valence-electron chi connectivity index (χ2n) is 5.41. The molecule has 2 heteroatoms. The van der Waals surface area contributed by atoms with Crippen molar-refractivity contribution >= 4 is 0 Å². The predicted octanol–water partition coefficient (Wildman–Crippen LogP) is 5.43.